The lowest BCUT2D eigenvalue weighted by Gasteiger charge is -2.15. The SMILES string of the molecule is CCC(NS(=O)(=O)c1ccnn1C)C(N)=NO. The fourth-order valence-electron chi connectivity index (χ4n) is 1.30. The zero-order valence-corrected chi connectivity index (χ0v) is 10.3. The molecular weight excluding hydrogens is 246 g/mol. The van der Waals surface area contributed by atoms with Crippen LogP contribution in [0.4, 0.5) is 0 Å². The summed E-state index contributed by atoms with van der Waals surface area (Å²) in [6, 6.07) is 0.612. The lowest BCUT2D eigenvalue weighted by Crippen LogP contribution is -2.44. The molecule has 8 nitrogen and oxygen atoms in total. The van der Waals surface area contributed by atoms with Gasteiger partial charge in [0.2, 0.25) is 0 Å². The fraction of sp³-hybridized carbons (Fsp3) is 0.500. The largest absolute Gasteiger partial charge is 0.409 e. The zero-order chi connectivity index (χ0) is 13.1. The van der Waals surface area contributed by atoms with Crippen LogP contribution in [0.1, 0.15) is 13.3 Å². The molecule has 0 radical (unpaired) electrons. The van der Waals surface area contributed by atoms with Crippen molar-refractivity contribution in [3.05, 3.63) is 12.3 Å². The van der Waals surface area contributed by atoms with Crippen LogP contribution in [-0.4, -0.2) is 35.3 Å². The second-order valence-electron chi connectivity index (χ2n) is 3.40. The molecule has 96 valence electrons. The van der Waals surface area contributed by atoms with Gasteiger partial charge in [0.15, 0.2) is 10.9 Å². The van der Waals surface area contributed by atoms with Crippen molar-refractivity contribution >= 4 is 15.9 Å². The third-order valence-corrected chi connectivity index (χ3v) is 3.78. The first-order chi connectivity index (χ1) is 7.92. The molecule has 0 aliphatic rings. The van der Waals surface area contributed by atoms with Gasteiger partial charge in [-0.15, -0.1) is 0 Å². The van der Waals surface area contributed by atoms with E-state index in [1.807, 2.05) is 0 Å². The molecule has 0 amide bonds. The van der Waals surface area contributed by atoms with Crippen molar-refractivity contribution in [2.45, 2.75) is 24.4 Å². The van der Waals surface area contributed by atoms with Crippen molar-refractivity contribution in [2.24, 2.45) is 17.9 Å². The standard InChI is InChI=1S/C8H15N5O3S/c1-3-6(8(9)11-14)12-17(15,16)7-4-5-10-13(7)2/h4-6,12,14H,3H2,1-2H3,(H2,9,11). The summed E-state index contributed by atoms with van der Waals surface area (Å²) in [5.74, 6) is -0.182. The predicted octanol–water partition coefficient (Wildman–Crippen LogP) is -0.777. The van der Waals surface area contributed by atoms with Crippen LogP contribution in [0.2, 0.25) is 0 Å². The number of sulfonamides is 1. The van der Waals surface area contributed by atoms with E-state index in [4.69, 9.17) is 10.9 Å². The Morgan fingerprint density at radius 3 is 2.82 bits per heavy atom. The molecule has 0 aromatic carbocycles. The van der Waals surface area contributed by atoms with Crippen LogP contribution in [-0.2, 0) is 17.1 Å². The van der Waals surface area contributed by atoms with E-state index in [0.29, 0.717) is 6.42 Å². The average molecular weight is 261 g/mol. The number of hydrogen-bond donors (Lipinski definition) is 3. The van der Waals surface area contributed by atoms with Crippen LogP contribution in [0.25, 0.3) is 0 Å². The highest BCUT2D eigenvalue weighted by Crippen LogP contribution is 2.07. The average Bonchev–Trinajstić information content (AvgIpc) is 2.72. The molecule has 4 N–H and O–H groups in total. The first-order valence-corrected chi connectivity index (χ1v) is 6.38. The number of aryl methyl sites for hydroxylation is 1. The highest BCUT2D eigenvalue weighted by molar-refractivity contribution is 7.89. The topological polar surface area (TPSA) is 123 Å². The van der Waals surface area contributed by atoms with E-state index in [2.05, 4.69) is 15.0 Å². The molecule has 1 unspecified atom stereocenters. The Hall–Kier alpha value is -1.61. The normalized spacial score (nSPS) is 14.8. The summed E-state index contributed by atoms with van der Waals surface area (Å²) < 4.78 is 27.4. The van der Waals surface area contributed by atoms with Crippen LogP contribution in [0.5, 0.6) is 0 Å². The van der Waals surface area contributed by atoms with E-state index in [9.17, 15) is 8.42 Å². The quantitative estimate of drug-likeness (QED) is 0.278. The highest BCUT2D eigenvalue weighted by atomic mass is 32.2. The molecule has 0 saturated heterocycles. The number of nitrogens with two attached hydrogens (primary N) is 1. The second kappa shape index (κ2) is 5.15. The van der Waals surface area contributed by atoms with Gasteiger partial charge in [0.1, 0.15) is 0 Å². The fourth-order valence-corrected chi connectivity index (χ4v) is 2.71. The molecule has 1 aromatic rings. The van der Waals surface area contributed by atoms with Crippen LogP contribution in [0.15, 0.2) is 22.4 Å². The zero-order valence-electron chi connectivity index (χ0n) is 9.53. The van der Waals surface area contributed by atoms with E-state index in [-0.39, 0.29) is 10.9 Å². The van der Waals surface area contributed by atoms with E-state index in [1.54, 1.807) is 6.92 Å². The summed E-state index contributed by atoms with van der Waals surface area (Å²) in [5.41, 5.74) is 5.38. The molecule has 1 aromatic heterocycles. The number of amidine groups is 1. The number of aromatic nitrogens is 2. The van der Waals surface area contributed by atoms with Gasteiger partial charge in [0.05, 0.1) is 12.2 Å². The molecule has 0 saturated carbocycles. The van der Waals surface area contributed by atoms with Crippen molar-refractivity contribution in [3.8, 4) is 0 Å². The van der Waals surface area contributed by atoms with E-state index in [1.165, 1.54) is 24.0 Å². The highest BCUT2D eigenvalue weighted by Gasteiger charge is 2.24. The summed E-state index contributed by atoms with van der Waals surface area (Å²) in [5, 5.41) is 15.1. The Morgan fingerprint density at radius 2 is 2.41 bits per heavy atom. The van der Waals surface area contributed by atoms with Crippen LogP contribution in [0.3, 0.4) is 0 Å². The summed E-state index contributed by atoms with van der Waals surface area (Å²) in [7, 11) is -2.22. The Balaban J connectivity index is 2.98. The van der Waals surface area contributed by atoms with Crippen molar-refractivity contribution in [2.75, 3.05) is 0 Å². The molecule has 0 spiro atoms. The lowest BCUT2D eigenvalue weighted by atomic mass is 10.2. The maximum atomic E-state index is 11.9. The minimum atomic E-state index is -3.74. The van der Waals surface area contributed by atoms with Gasteiger partial charge in [-0.3, -0.25) is 4.68 Å². The first kappa shape index (κ1) is 13.5. The van der Waals surface area contributed by atoms with Gasteiger partial charge in [0, 0.05) is 7.05 Å². The van der Waals surface area contributed by atoms with E-state index in [0.717, 1.165) is 0 Å². The van der Waals surface area contributed by atoms with Crippen LogP contribution >= 0.6 is 0 Å². The summed E-state index contributed by atoms with van der Waals surface area (Å²) in [6.45, 7) is 1.72. The second-order valence-corrected chi connectivity index (χ2v) is 5.06. The minimum Gasteiger partial charge on any atom is -0.409 e. The Labute approximate surface area is 99.2 Å². The van der Waals surface area contributed by atoms with Gasteiger partial charge < -0.3 is 10.9 Å². The van der Waals surface area contributed by atoms with Gasteiger partial charge in [-0.2, -0.15) is 9.82 Å². The van der Waals surface area contributed by atoms with E-state index < -0.39 is 16.1 Å². The Bertz CT molecular complexity index is 507. The molecule has 1 rings (SSSR count). The van der Waals surface area contributed by atoms with Gasteiger partial charge in [-0.05, 0) is 12.5 Å². The molecule has 1 heterocycles. The van der Waals surface area contributed by atoms with E-state index >= 15 is 0 Å². The van der Waals surface area contributed by atoms with Crippen molar-refractivity contribution < 1.29 is 13.6 Å². The number of rotatable bonds is 5. The maximum Gasteiger partial charge on any atom is 0.258 e. The van der Waals surface area contributed by atoms with Crippen molar-refractivity contribution in [1.29, 1.82) is 0 Å². The predicted molar refractivity (Wildman–Crippen MR) is 61.0 cm³/mol. The molecule has 0 aliphatic carbocycles. The first-order valence-electron chi connectivity index (χ1n) is 4.90. The Morgan fingerprint density at radius 1 is 1.76 bits per heavy atom. The lowest BCUT2D eigenvalue weighted by molar-refractivity contribution is 0.315. The molecule has 17 heavy (non-hydrogen) atoms. The van der Waals surface area contributed by atoms with Gasteiger partial charge in [-0.1, -0.05) is 12.1 Å². The minimum absolute atomic E-state index is 0.0155. The van der Waals surface area contributed by atoms with Gasteiger partial charge >= 0.3 is 0 Å². The molecule has 9 heteroatoms. The number of oxime groups is 1. The Kier molecular flexibility index (Phi) is 4.07. The molecule has 0 fully saturated rings. The van der Waals surface area contributed by atoms with Crippen molar-refractivity contribution in [3.63, 3.8) is 0 Å². The van der Waals surface area contributed by atoms with Crippen molar-refractivity contribution in [1.82, 2.24) is 14.5 Å². The number of nitrogens with zero attached hydrogens (tertiary/aromatic N) is 3. The molecular formula is C8H15N5O3S. The summed E-state index contributed by atoms with van der Waals surface area (Å²) >= 11 is 0. The van der Waals surface area contributed by atoms with Gasteiger partial charge in [0.25, 0.3) is 10.0 Å². The molecule has 0 aliphatic heterocycles. The molecule has 1 atom stereocenters. The van der Waals surface area contributed by atoms with Gasteiger partial charge in [-0.25, -0.2) is 8.42 Å². The summed E-state index contributed by atoms with van der Waals surface area (Å²) in [4.78, 5) is 0. The summed E-state index contributed by atoms with van der Waals surface area (Å²) in [6.07, 6.45) is 1.74. The third kappa shape index (κ3) is 2.94. The number of hydrogen-bond acceptors (Lipinski definition) is 5. The maximum absolute atomic E-state index is 11.9. The number of nitrogens with one attached hydrogen (secondary N) is 1. The molecule has 0 bridgehead atoms. The monoisotopic (exact) mass is 261 g/mol. The van der Waals surface area contributed by atoms with Crippen LogP contribution in [0, 0.1) is 0 Å². The smallest absolute Gasteiger partial charge is 0.258 e. The van der Waals surface area contributed by atoms with Crippen LogP contribution < -0.4 is 10.5 Å². The third-order valence-electron chi connectivity index (χ3n) is 2.23.